The van der Waals surface area contributed by atoms with Crippen molar-refractivity contribution in [1.29, 1.82) is 0 Å². The number of carbonyl (C=O) groups excluding carboxylic acids is 9. The Bertz CT molecular complexity index is 1600. The molecule has 0 aromatic heterocycles. The van der Waals surface area contributed by atoms with Crippen LogP contribution in [0.4, 0.5) is 0 Å². The summed E-state index contributed by atoms with van der Waals surface area (Å²) in [4.78, 5) is 113. The van der Waals surface area contributed by atoms with Gasteiger partial charge in [-0.1, -0.05) is 30.3 Å². The number of hydrogen-bond donors (Lipinski definition) is 1. The second kappa shape index (κ2) is 22.8. The Kier molecular flexibility index (Phi) is 19.0. The molecule has 0 saturated carbocycles. The van der Waals surface area contributed by atoms with E-state index in [0.717, 1.165) is 61.0 Å². The third-order valence-corrected chi connectivity index (χ3v) is 7.62. The molecule has 20 heteroatoms. The molecule has 1 saturated heterocycles. The molecule has 1 aromatic carbocycles. The molecule has 0 radical (unpaired) electrons. The molecule has 57 heavy (non-hydrogen) atoms. The molecule has 1 aliphatic heterocycles. The molecule has 10 atom stereocenters. The number of esters is 8. The highest BCUT2D eigenvalue weighted by Crippen LogP contribution is 2.33. The predicted octanol–water partition coefficient (Wildman–Crippen LogP) is 0.560. The molecular weight excluding hydrogens is 762 g/mol. The van der Waals surface area contributed by atoms with E-state index in [1.165, 1.54) is 0 Å². The first-order valence-corrected chi connectivity index (χ1v) is 17.6. The van der Waals surface area contributed by atoms with Crippen LogP contribution in [0.15, 0.2) is 30.3 Å². The van der Waals surface area contributed by atoms with Gasteiger partial charge in [0.25, 0.3) is 5.91 Å². The first-order valence-electron chi connectivity index (χ1n) is 17.6. The maximum absolute atomic E-state index is 14.1. The number of rotatable bonds is 19. The number of amides is 1. The van der Waals surface area contributed by atoms with Crippen molar-refractivity contribution in [3.05, 3.63) is 35.9 Å². The van der Waals surface area contributed by atoms with Crippen LogP contribution in [0.2, 0.25) is 0 Å². The number of ether oxygens (including phenoxy) is 10. The van der Waals surface area contributed by atoms with Crippen LogP contribution in [-0.4, -0.2) is 128 Å². The van der Waals surface area contributed by atoms with E-state index < -0.39 is 128 Å². The lowest BCUT2D eigenvalue weighted by molar-refractivity contribution is -0.331. The van der Waals surface area contributed by atoms with Crippen LogP contribution < -0.4 is 5.32 Å². The minimum absolute atomic E-state index is 0.296. The number of benzene rings is 1. The molecule has 0 bridgehead atoms. The van der Waals surface area contributed by atoms with Crippen molar-refractivity contribution in [3.63, 3.8) is 0 Å². The van der Waals surface area contributed by atoms with E-state index in [1.807, 2.05) is 12.1 Å². The van der Waals surface area contributed by atoms with Crippen molar-refractivity contribution in [2.45, 2.75) is 130 Å². The summed E-state index contributed by atoms with van der Waals surface area (Å²) in [6.45, 7) is 8.04. The number of nitrogens with one attached hydrogen (secondary N) is 1. The zero-order valence-corrected chi connectivity index (χ0v) is 33.0. The van der Waals surface area contributed by atoms with Crippen molar-refractivity contribution >= 4 is 53.7 Å². The fourth-order valence-electron chi connectivity index (χ4n) is 5.72. The van der Waals surface area contributed by atoms with Crippen molar-refractivity contribution < 1.29 is 90.5 Å². The van der Waals surface area contributed by atoms with Gasteiger partial charge in [0.15, 0.2) is 36.8 Å². The highest BCUT2D eigenvalue weighted by Gasteiger charge is 2.56. The molecule has 1 amide bonds. The molecule has 1 fully saturated rings. The SMILES string of the molecule is CC(=O)OCC(OC(C)=O)C(OC1OC(COC(C)=O)C(OC(C)=O)C(OC(C)=O)C1OC(C)=O)C(OC(C)=O)C(OC(C)=O)C(=O)NC(C)Cc1ccccc1. The molecule has 1 heterocycles. The Morgan fingerprint density at radius 2 is 1.14 bits per heavy atom. The van der Waals surface area contributed by atoms with Gasteiger partial charge in [-0.15, -0.1) is 0 Å². The van der Waals surface area contributed by atoms with Gasteiger partial charge in [-0.3, -0.25) is 43.2 Å². The molecule has 316 valence electrons. The first kappa shape index (κ1) is 47.5. The van der Waals surface area contributed by atoms with Crippen molar-refractivity contribution in [3.8, 4) is 0 Å². The maximum Gasteiger partial charge on any atom is 0.303 e. The Morgan fingerprint density at radius 3 is 1.65 bits per heavy atom. The normalized spacial score (nSPS) is 21.4. The second-order valence-electron chi connectivity index (χ2n) is 12.8. The van der Waals surface area contributed by atoms with Crippen molar-refractivity contribution in [2.24, 2.45) is 0 Å². The first-order chi connectivity index (χ1) is 26.7. The molecule has 0 spiro atoms. The lowest BCUT2D eigenvalue weighted by Crippen LogP contribution is -2.65. The monoisotopic (exact) mass is 811 g/mol. The Morgan fingerprint density at radius 1 is 0.614 bits per heavy atom. The lowest BCUT2D eigenvalue weighted by atomic mass is 9.97. The molecule has 20 nitrogen and oxygen atoms in total. The van der Waals surface area contributed by atoms with E-state index in [-0.39, 0.29) is 0 Å². The van der Waals surface area contributed by atoms with Gasteiger partial charge < -0.3 is 52.7 Å². The fraction of sp³-hybridized carbons (Fsp3) is 0.595. The smallest absolute Gasteiger partial charge is 0.303 e. The summed E-state index contributed by atoms with van der Waals surface area (Å²) in [5, 5.41) is 2.69. The zero-order chi connectivity index (χ0) is 43.0. The number of hydrogen-bond acceptors (Lipinski definition) is 19. The largest absolute Gasteiger partial charge is 0.463 e. The van der Waals surface area contributed by atoms with E-state index in [0.29, 0.717) is 6.42 Å². The van der Waals surface area contributed by atoms with Crippen LogP contribution in [-0.2, 0) is 96.9 Å². The van der Waals surface area contributed by atoms with E-state index in [4.69, 9.17) is 47.4 Å². The van der Waals surface area contributed by atoms with Gasteiger partial charge in [0.05, 0.1) is 0 Å². The minimum Gasteiger partial charge on any atom is -0.463 e. The van der Waals surface area contributed by atoms with Crippen LogP contribution in [0.25, 0.3) is 0 Å². The molecule has 10 unspecified atom stereocenters. The summed E-state index contributed by atoms with van der Waals surface area (Å²) in [5.74, 6) is -8.75. The predicted molar refractivity (Wildman–Crippen MR) is 188 cm³/mol. The van der Waals surface area contributed by atoms with E-state index in [9.17, 15) is 43.2 Å². The molecule has 0 aliphatic carbocycles. The number of carbonyl (C=O) groups is 9. The topological polar surface area (TPSA) is 258 Å². The average molecular weight is 812 g/mol. The molecular formula is C37H49NO19. The third-order valence-electron chi connectivity index (χ3n) is 7.62. The van der Waals surface area contributed by atoms with E-state index in [1.54, 1.807) is 25.1 Å². The maximum atomic E-state index is 14.1. The van der Waals surface area contributed by atoms with Crippen LogP contribution >= 0.6 is 0 Å². The van der Waals surface area contributed by atoms with E-state index in [2.05, 4.69) is 5.32 Å². The fourth-order valence-corrected chi connectivity index (χ4v) is 5.72. The van der Waals surface area contributed by atoms with Crippen LogP contribution in [0.3, 0.4) is 0 Å². The summed E-state index contributed by atoms with van der Waals surface area (Å²) < 4.78 is 55.4. The zero-order valence-electron chi connectivity index (χ0n) is 33.0. The van der Waals surface area contributed by atoms with Crippen molar-refractivity contribution in [1.82, 2.24) is 5.32 Å². The van der Waals surface area contributed by atoms with Gasteiger partial charge >= 0.3 is 47.8 Å². The molecule has 1 aliphatic rings. The van der Waals surface area contributed by atoms with Gasteiger partial charge in [-0.2, -0.15) is 0 Å². The Labute approximate surface area is 328 Å². The molecule has 2 rings (SSSR count). The van der Waals surface area contributed by atoms with Crippen LogP contribution in [0, 0.1) is 0 Å². The summed E-state index contributed by atoms with van der Waals surface area (Å²) in [7, 11) is 0. The van der Waals surface area contributed by atoms with Gasteiger partial charge in [-0.25, -0.2) is 0 Å². The second-order valence-corrected chi connectivity index (χ2v) is 12.8. The summed E-state index contributed by atoms with van der Waals surface area (Å²) in [6.07, 6.45) is -16.6. The lowest BCUT2D eigenvalue weighted by Gasteiger charge is -2.46. The highest BCUT2D eigenvalue weighted by molar-refractivity contribution is 5.85. The van der Waals surface area contributed by atoms with Gasteiger partial charge in [-0.05, 0) is 18.9 Å². The molecule has 1 aromatic rings. The quantitative estimate of drug-likeness (QED) is 0.148. The Balaban J connectivity index is 2.87. The molecule has 1 N–H and O–H groups in total. The standard InChI is InChI=1S/C37H49NO19/c1-18(15-27-13-11-10-12-14-27)38-36(47)34(54-25(8)45)32(52-23(6)43)31(28(50-21(4)41)16-48-19(2)39)57-37-35(55-26(9)46)33(53-24(7)44)30(51-22(5)42)29(56-37)17-49-20(3)40/h10-14,18,28-35,37H,15-17H2,1-9H3,(H,38,47). The minimum atomic E-state index is -2.09. The van der Waals surface area contributed by atoms with Gasteiger partial charge in [0, 0.05) is 61.4 Å². The van der Waals surface area contributed by atoms with Gasteiger partial charge in [0.1, 0.15) is 25.4 Å². The van der Waals surface area contributed by atoms with Gasteiger partial charge in [0.2, 0.25) is 6.10 Å². The van der Waals surface area contributed by atoms with E-state index >= 15 is 0 Å². The summed E-state index contributed by atoms with van der Waals surface area (Å²) >= 11 is 0. The van der Waals surface area contributed by atoms with Crippen LogP contribution in [0.1, 0.15) is 67.9 Å². The average Bonchev–Trinajstić information content (AvgIpc) is 3.08. The Hall–Kier alpha value is -5.63. The van der Waals surface area contributed by atoms with Crippen molar-refractivity contribution in [2.75, 3.05) is 13.2 Å². The summed E-state index contributed by atoms with van der Waals surface area (Å²) in [6, 6.07) is 8.37. The van der Waals surface area contributed by atoms with Crippen LogP contribution in [0.5, 0.6) is 0 Å². The highest BCUT2D eigenvalue weighted by atomic mass is 16.8. The summed E-state index contributed by atoms with van der Waals surface area (Å²) in [5.41, 5.74) is 0.826. The third kappa shape index (κ3) is 16.6.